The van der Waals surface area contributed by atoms with Crippen LogP contribution in [0.3, 0.4) is 0 Å². The first-order valence-electron chi connectivity index (χ1n) is 5.72. The number of hydrogen-bond donors (Lipinski definition) is 1. The summed E-state index contributed by atoms with van der Waals surface area (Å²) in [6, 6.07) is 7.26. The van der Waals surface area contributed by atoms with Crippen molar-refractivity contribution < 1.29 is 9.53 Å². The maximum absolute atomic E-state index is 11.8. The normalized spacial score (nSPS) is 12.0. The molecule has 17 heavy (non-hydrogen) atoms. The standard InChI is InChI=1S/C13H20N2O2/c1-4-12(14)13(16)15(2)9-10-6-5-7-11(8-10)17-3/h5-8,12H,4,9,14H2,1-3H3/t12-/m0/s1. The second-order valence-electron chi connectivity index (χ2n) is 4.06. The molecule has 0 heterocycles. The molecule has 1 atom stereocenters. The zero-order valence-corrected chi connectivity index (χ0v) is 10.6. The van der Waals surface area contributed by atoms with E-state index in [1.54, 1.807) is 19.1 Å². The molecule has 0 fully saturated rings. The molecule has 94 valence electrons. The lowest BCUT2D eigenvalue weighted by atomic mass is 10.1. The van der Waals surface area contributed by atoms with E-state index in [-0.39, 0.29) is 5.91 Å². The number of benzene rings is 1. The Morgan fingerprint density at radius 1 is 1.53 bits per heavy atom. The number of carbonyl (C=O) groups excluding carboxylic acids is 1. The van der Waals surface area contributed by atoms with E-state index in [2.05, 4.69) is 0 Å². The first kappa shape index (κ1) is 13.5. The molecule has 0 aliphatic heterocycles. The lowest BCUT2D eigenvalue weighted by Gasteiger charge is -2.20. The highest BCUT2D eigenvalue weighted by molar-refractivity contribution is 5.81. The van der Waals surface area contributed by atoms with Crippen LogP contribution < -0.4 is 10.5 Å². The highest BCUT2D eigenvalue weighted by Gasteiger charge is 2.16. The molecule has 0 aliphatic rings. The van der Waals surface area contributed by atoms with Gasteiger partial charge in [-0.05, 0) is 24.1 Å². The average Bonchev–Trinajstić information content (AvgIpc) is 2.37. The summed E-state index contributed by atoms with van der Waals surface area (Å²) >= 11 is 0. The van der Waals surface area contributed by atoms with E-state index < -0.39 is 6.04 Å². The highest BCUT2D eigenvalue weighted by Crippen LogP contribution is 2.14. The van der Waals surface area contributed by atoms with E-state index in [9.17, 15) is 4.79 Å². The Morgan fingerprint density at radius 2 is 2.24 bits per heavy atom. The monoisotopic (exact) mass is 236 g/mol. The first-order chi connectivity index (χ1) is 8.08. The fraction of sp³-hybridized carbons (Fsp3) is 0.462. The number of amides is 1. The first-order valence-corrected chi connectivity index (χ1v) is 5.72. The summed E-state index contributed by atoms with van der Waals surface area (Å²) in [4.78, 5) is 13.4. The Labute approximate surface area is 102 Å². The van der Waals surface area contributed by atoms with Gasteiger partial charge in [0, 0.05) is 13.6 Å². The summed E-state index contributed by atoms with van der Waals surface area (Å²) in [5, 5.41) is 0. The Bertz CT molecular complexity index is 379. The maximum atomic E-state index is 11.8. The molecule has 0 unspecified atom stereocenters. The number of nitrogens with zero attached hydrogens (tertiary/aromatic N) is 1. The van der Waals surface area contributed by atoms with Crippen molar-refractivity contribution in [1.29, 1.82) is 0 Å². The number of hydrogen-bond acceptors (Lipinski definition) is 3. The van der Waals surface area contributed by atoms with Gasteiger partial charge in [0.25, 0.3) is 0 Å². The van der Waals surface area contributed by atoms with Crippen LogP contribution in [0.25, 0.3) is 0 Å². The highest BCUT2D eigenvalue weighted by atomic mass is 16.5. The van der Waals surface area contributed by atoms with E-state index in [4.69, 9.17) is 10.5 Å². The van der Waals surface area contributed by atoms with Gasteiger partial charge in [0.15, 0.2) is 0 Å². The molecule has 0 aromatic heterocycles. The molecule has 1 amide bonds. The Hall–Kier alpha value is -1.55. The van der Waals surface area contributed by atoms with Gasteiger partial charge in [-0.3, -0.25) is 4.79 Å². The number of rotatable bonds is 5. The van der Waals surface area contributed by atoms with Gasteiger partial charge in [0.2, 0.25) is 5.91 Å². The molecule has 1 aromatic carbocycles. The maximum Gasteiger partial charge on any atom is 0.239 e. The molecule has 4 nitrogen and oxygen atoms in total. The third kappa shape index (κ3) is 3.75. The molecule has 0 radical (unpaired) electrons. The fourth-order valence-electron chi connectivity index (χ4n) is 1.58. The minimum absolute atomic E-state index is 0.0321. The molecule has 1 rings (SSSR count). The third-order valence-electron chi connectivity index (χ3n) is 2.69. The van der Waals surface area contributed by atoms with E-state index in [0.29, 0.717) is 13.0 Å². The number of methoxy groups -OCH3 is 1. The largest absolute Gasteiger partial charge is 0.497 e. The quantitative estimate of drug-likeness (QED) is 0.840. The molecular formula is C13H20N2O2. The van der Waals surface area contributed by atoms with Gasteiger partial charge in [-0.15, -0.1) is 0 Å². The minimum Gasteiger partial charge on any atom is -0.497 e. The van der Waals surface area contributed by atoms with E-state index in [1.807, 2.05) is 31.2 Å². The zero-order chi connectivity index (χ0) is 12.8. The average molecular weight is 236 g/mol. The molecule has 0 bridgehead atoms. The topological polar surface area (TPSA) is 55.6 Å². The zero-order valence-electron chi connectivity index (χ0n) is 10.6. The lowest BCUT2D eigenvalue weighted by Crippen LogP contribution is -2.40. The molecule has 0 saturated carbocycles. The molecule has 0 aliphatic carbocycles. The molecule has 4 heteroatoms. The molecule has 0 spiro atoms. The van der Waals surface area contributed by atoms with Gasteiger partial charge < -0.3 is 15.4 Å². The van der Waals surface area contributed by atoms with Crippen molar-refractivity contribution in [3.8, 4) is 5.75 Å². The van der Waals surface area contributed by atoms with Gasteiger partial charge in [-0.2, -0.15) is 0 Å². The third-order valence-corrected chi connectivity index (χ3v) is 2.69. The van der Waals surface area contributed by atoms with Crippen molar-refractivity contribution >= 4 is 5.91 Å². The molecular weight excluding hydrogens is 216 g/mol. The van der Waals surface area contributed by atoms with E-state index in [0.717, 1.165) is 11.3 Å². The Kier molecular flexibility index (Phi) is 4.97. The van der Waals surface area contributed by atoms with Gasteiger partial charge in [0.1, 0.15) is 5.75 Å². The van der Waals surface area contributed by atoms with Gasteiger partial charge in [0.05, 0.1) is 13.2 Å². The van der Waals surface area contributed by atoms with Crippen molar-refractivity contribution in [3.63, 3.8) is 0 Å². The number of carbonyl (C=O) groups is 1. The summed E-state index contributed by atoms with van der Waals surface area (Å²) in [7, 11) is 3.39. The van der Waals surface area contributed by atoms with Crippen molar-refractivity contribution in [2.75, 3.05) is 14.2 Å². The Balaban J connectivity index is 2.67. The second-order valence-corrected chi connectivity index (χ2v) is 4.06. The van der Waals surface area contributed by atoms with Crippen LogP contribution in [-0.2, 0) is 11.3 Å². The van der Waals surface area contributed by atoms with Crippen LogP contribution >= 0.6 is 0 Å². The van der Waals surface area contributed by atoms with Gasteiger partial charge in [-0.25, -0.2) is 0 Å². The van der Waals surface area contributed by atoms with Crippen molar-refractivity contribution in [3.05, 3.63) is 29.8 Å². The predicted molar refractivity (Wildman–Crippen MR) is 67.7 cm³/mol. The van der Waals surface area contributed by atoms with Gasteiger partial charge >= 0.3 is 0 Å². The summed E-state index contributed by atoms with van der Waals surface area (Å²) in [5.74, 6) is 0.762. The van der Waals surface area contributed by atoms with Crippen LogP contribution in [0, 0.1) is 0 Å². The molecule has 0 saturated heterocycles. The number of nitrogens with two attached hydrogens (primary N) is 1. The summed E-state index contributed by atoms with van der Waals surface area (Å²) in [6.07, 6.45) is 0.654. The lowest BCUT2D eigenvalue weighted by molar-refractivity contribution is -0.131. The van der Waals surface area contributed by atoms with Crippen LogP contribution in [-0.4, -0.2) is 31.0 Å². The summed E-state index contributed by atoms with van der Waals surface area (Å²) in [5.41, 5.74) is 6.74. The SMILES string of the molecule is CC[C@H](N)C(=O)N(C)Cc1cccc(OC)c1. The Morgan fingerprint density at radius 3 is 2.82 bits per heavy atom. The minimum atomic E-state index is -0.411. The number of ether oxygens (including phenoxy) is 1. The van der Waals surface area contributed by atoms with E-state index >= 15 is 0 Å². The summed E-state index contributed by atoms with van der Waals surface area (Å²) in [6.45, 7) is 2.45. The van der Waals surface area contributed by atoms with Crippen LogP contribution in [0.4, 0.5) is 0 Å². The number of likely N-dealkylation sites (N-methyl/N-ethyl adjacent to an activating group) is 1. The smallest absolute Gasteiger partial charge is 0.239 e. The van der Waals surface area contributed by atoms with Crippen LogP contribution in [0.2, 0.25) is 0 Å². The van der Waals surface area contributed by atoms with Crippen LogP contribution in [0.5, 0.6) is 5.75 Å². The van der Waals surface area contributed by atoms with Crippen molar-refractivity contribution in [1.82, 2.24) is 4.90 Å². The predicted octanol–water partition coefficient (Wildman–Crippen LogP) is 1.39. The molecule has 2 N–H and O–H groups in total. The van der Waals surface area contributed by atoms with Crippen molar-refractivity contribution in [2.24, 2.45) is 5.73 Å². The summed E-state index contributed by atoms with van der Waals surface area (Å²) < 4.78 is 5.14. The van der Waals surface area contributed by atoms with Gasteiger partial charge in [-0.1, -0.05) is 19.1 Å². The van der Waals surface area contributed by atoms with E-state index in [1.165, 1.54) is 0 Å². The van der Waals surface area contributed by atoms with Crippen LogP contribution in [0.15, 0.2) is 24.3 Å². The van der Waals surface area contributed by atoms with Crippen LogP contribution in [0.1, 0.15) is 18.9 Å². The fourth-order valence-corrected chi connectivity index (χ4v) is 1.58. The second kappa shape index (κ2) is 6.25. The molecule has 1 aromatic rings. The van der Waals surface area contributed by atoms with Crippen molar-refractivity contribution in [2.45, 2.75) is 25.9 Å².